The number of aryl methyl sites for hydroxylation is 1. The van der Waals surface area contributed by atoms with Crippen LogP contribution in [0.3, 0.4) is 0 Å². The molecule has 1 unspecified atom stereocenters. The second kappa shape index (κ2) is 7.23. The number of rotatable bonds is 4. The summed E-state index contributed by atoms with van der Waals surface area (Å²) >= 11 is 3.48. The zero-order chi connectivity index (χ0) is 14.5. The first kappa shape index (κ1) is 15.5. The van der Waals surface area contributed by atoms with Crippen LogP contribution in [0, 0.1) is 6.92 Å². The summed E-state index contributed by atoms with van der Waals surface area (Å²) < 4.78 is 1.05. The molecule has 0 saturated carbocycles. The van der Waals surface area contributed by atoms with Crippen molar-refractivity contribution in [3.05, 3.63) is 33.8 Å². The molecule has 1 atom stereocenters. The SMILES string of the molecule is CCN(CC1CCCCN1)C(=O)c1ccc(Br)c(C)c1. The van der Waals surface area contributed by atoms with Crippen LogP contribution in [-0.4, -0.2) is 36.5 Å². The van der Waals surface area contributed by atoms with E-state index in [4.69, 9.17) is 0 Å². The highest BCUT2D eigenvalue weighted by Crippen LogP contribution is 2.18. The van der Waals surface area contributed by atoms with Crippen molar-refractivity contribution in [1.82, 2.24) is 10.2 Å². The van der Waals surface area contributed by atoms with Gasteiger partial charge in [0.25, 0.3) is 5.91 Å². The number of halogens is 1. The number of piperidine rings is 1. The summed E-state index contributed by atoms with van der Waals surface area (Å²) in [5.41, 5.74) is 1.88. The lowest BCUT2D eigenvalue weighted by Crippen LogP contribution is -2.45. The maximum Gasteiger partial charge on any atom is 0.253 e. The lowest BCUT2D eigenvalue weighted by Gasteiger charge is -2.30. The number of likely N-dealkylation sites (N-methyl/N-ethyl adjacent to an activating group) is 1. The van der Waals surface area contributed by atoms with E-state index in [-0.39, 0.29) is 5.91 Å². The molecule has 0 aliphatic carbocycles. The van der Waals surface area contributed by atoms with E-state index in [0.29, 0.717) is 6.04 Å². The number of hydrogen-bond donors (Lipinski definition) is 1. The molecule has 1 saturated heterocycles. The maximum absolute atomic E-state index is 12.6. The highest BCUT2D eigenvalue weighted by atomic mass is 79.9. The van der Waals surface area contributed by atoms with Crippen molar-refractivity contribution < 1.29 is 4.79 Å². The molecule has 1 aromatic rings. The minimum atomic E-state index is 0.135. The lowest BCUT2D eigenvalue weighted by molar-refractivity contribution is 0.0741. The summed E-state index contributed by atoms with van der Waals surface area (Å²) in [5, 5.41) is 3.51. The van der Waals surface area contributed by atoms with Gasteiger partial charge in [-0.3, -0.25) is 4.79 Å². The summed E-state index contributed by atoms with van der Waals surface area (Å²) in [6.45, 7) is 6.71. The van der Waals surface area contributed by atoms with E-state index in [9.17, 15) is 4.79 Å². The zero-order valence-electron chi connectivity index (χ0n) is 12.3. The first-order valence-electron chi connectivity index (χ1n) is 7.40. The number of carbonyl (C=O) groups is 1. The first-order chi connectivity index (χ1) is 9.61. The quantitative estimate of drug-likeness (QED) is 0.912. The number of hydrogen-bond acceptors (Lipinski definition) is 2. The fourth-order valence-corrected chi connectivity index (χ4v) is 2.91. The van der Waals surface area contributed by atoms with E-state index in [2.05, 4.69) is 21.2 Å². The Kier molecular flexibility index (Phi) is 5.61. The average Bonchev–Trinajstić information content (AvgIpc) is 2.48. The van der Waals surface area contributed by atoms with Crippen LogP contribution in [0.5, 0.6) is 0 Å². The van der Waals surface area contributed by atoms with Crippen LogP contribution in [-0.2, 0) is 0 Å². The monoisotopic (exact) mass is 338 g/mol. The van der Waals surface area contributed by atoms with Gasteiger partial charge in [-0.1, -0.05) is 22.4 Å². The fraction of sp³-hybridized carbons (Fsp3) is 0.562. The number of amides is 1. The Balaban J connectivity index is 2.05. The van der Waals surface area contributed by atoms with E-state index in [1.165, 1.54) is 19.3 Å². The predicted molar refractivity (Wildman–Crippen MR) is 86.1 cm³/mol. The van der Waals surface area contributed by atoms with Gasteiger partial charge in [-0.25, -0.2) is 0 Å². The second-order valence-corrected chi connectivity index (χ2v) is 6.31. The molecule has 1 aromatic carbocycles. The van der Waals surface area contributed by atoms with Crippen LogP contribution in [0.25, 0.3) is 0 Å². The smallest absolute Gasteiger partial charge is 0.253 e. The van der Waals surface area contributed by atoms with Crippen LogP contribution >= 0.6 is 15.9 Å². The van der Waals surface area contributed by atoms with E-state index < -0.39 is 0 Å². The van der Waals surface area contributed by atoms with Gasteiger partial charge in [0, 0.05) is 29.2 Å². The molecule has 1 N–H and O–H groups in total. The van der Waals surface area contributed by atoms with Gasteiger partial charge < -0.3 is 10.2 Å². The molecule has 0 bridgehead atoms. The van der Waals surface area contributed by atoms with Crippen LogP contribution in [0.15, 0.2) is 22.7 Å². The minimum Gasteiger partial charge on any atom is -0.337 e. The molecular weight excluding hydrogens is 316 g/mol. The number of nitrogens with one attached hydrogen (secondary N) is 1. The third kappa shape index (κ3) is 3.83. The van der Waals surface area contributed by atoms with Gasteiger partial charge in [0.1, 0.15) is 0 Å². The normalized spacial score (nSPS) is 18.9. The fourth-order valence-electron chi connectivity index (χ4n) is 2.66. The molecule has 1 aliphatic rings. The molecule has 0 radical (unpaired) electrons. The Morgan fingerprint density at radius 2 is 2.25 bits per heavy atom. The predicted octanol–water partition coefficient (Wildman–Crippen LogP) is 3.36. The highest BCUT2D eigenvalue weighted by molar-refractivity contribution is 9.10. The van der Waals surface area contributed by atoms with Gasteiger partial charge in [0.05, 0.1) is 0 Å². The van der Waals surface area contributed by atoms with Crippen molar-refractivity contribution in [2.24, 2.45) is 0 Å². The van der Waals surface area contributed by atoms with Gasteiger partial charge in [-0.15, -0.1) is 0 Å². The average molecular weight is 339 g/mol. The van der Waals surface area contributed by atoms with Crippen molar-refractivity contribution in [3.63, 3.8) is 0 Å². The van der Waals surface area contributed by atoms with Gasteiger partial charge in [-0.05, 0) is 57.0 Å². The van der Waals surface area contributed by atoms with Crippen LogP contribution in [0.1, 0.15) is 42.1 Å². The Morgan fingerprint density at radius 3 is 2.85 bits per heavy atom. The standard InChI is InChI=1S/C16H23BrN2O/c1-3-19(11-14-6-4-5-9-18-14)16(20)13-7-8-15(17)12(2)10-13/h7-8,10,14,18H,3-6,9,11H2,1-2H3. The minimum absolute atomic E-state index is 0.135. The van der Waals surface area contributed by atoms with E-state index in [1.54, 1.807) is 0 Å². The molecule has 1 aliphatic heterocycles. The van der Waals surface area contributed by atoms with Gasteiger partial charge >= 0.3 is 0 Å². The van der Waals surface area contributed by atoms with Crippen LogP contribution < -0.4 is 5.32 Å². The highest BCUT2D eigenvalue weighted by Gasteiger charge is 2.20. The molecule has 110 valence electrons. The Bertz CT molecular complexity index is 470. The second-order valence-electron chi connectivity index (χ2n) is 5.45. The van der Waals surface area contributed by atoms with Gasteiger partial charge in [0.15, 0.2) is 0 Å². The zero-order valence-corrected chi connectivity index (χ0v) is 13.9. The van der Waals surface area contributed by atoms with Crippen molar-refractivity contribution in [1.29, 1.82) is 0 Å². The number of nitrogens with zero attached hydrogens (tertiary/aromatic N) is 1. The molecule has 1 amide bonds. The lowest BCUT2D eigenvalue weighted by atomic mass is 10.0. The molecular formula is C16H23BrN2O. The molecule has 4 heteroatoms. The summed E-state index contributed by atoms with van der Waals surface area (Å²) in [7, 11) is 0. The third-order valence-corrected chi connectivity index (χ3v) is 4.82. The van der Waals surface area contributed by atoms with Gasteiger partial charge in [-0.2, -0.15) is 0 Å². The molecule has 0 spiro atoms. The summed E-state index contributed by atoms with van der Waals surface area (Å²) in [6, 6.07) is 6.26. The summed E-state index contributed by atoms with van der Waals surface area (Å²) in [4.78, 5) is 14.5. The summed E-state index contributed by atoms with van der Waals surface area (Å²) in [5.74, 6) is 0.135. The Labute approximate surface area is 129 Å². The maximum atomic E-state index is 12.6. The number of benzene rings is 1. The third-order valence-electron chi connectivity index (χ3n) is 3.93. The first-order valence-corrected chi connectivity index (χ1v) is 8.20. The Hall–Kier alpha value is -0.870. The van der Waals surface area contributed by atoms with Crippen LogP contribution in [0.2, 0.25) is 0 Å². The largest absolute Gasteiger partial charge is 0.337 e. The van der Waals surface area contributed by atoms with E-state index in [0.717, 1.165) is 35.2 Å². The Morgan fingerprint density at radius 1 is 1.45 bits per heavy atom. The molecule has 1 heterocycles. The molecule has 20 heavy (non-hydrogen) atoms. The van der Waals surface area contributed by atoms with E-state index in [1.807, 2.05) is 36.9 Å². The van der Waals surface area contributed by atoms with Crippen molar-refractivity contribution in [3.8, 4) is 0 Å². The molecule has 1 fully saturated rings. The van der Waals surface area contributed by atoms with Gasteiger partial charge in [0.2, 0.25) is 0 Å². The topological polar surface area (TPSA) is 32.3 Å². The van der Waals surface area contributed by atoms with E-state index >= 15 is 0 Å². The molecule has 0 aromatic heterocycles. The summed E-state index contributed by atoms with van der Waals surface area (Å²) in [6.07, 6.45) is 3.69. The molecule has 2 rings (SSSR count). The van der Waals surface area contributed by atoms with Crippen molar-refractivity contribution in [2.75, 3.05) is 19.6 Å². The van der Waals surface area contributed by atoms with Crippen molar-refractivity contribution >= 4 is 21.8 Å². The van der Waals surface area contributed by atoms with Crippen molar-refractivity contribution in [2.45, 2.75) is 39.2 Å². The van der Waals surface area contributed by atoms with Crippen LogP contribution in [0.4, 0.5) is 0 Å². The number of carbonyl (C=O) groups excluding carboxylic acids is 1. The molecule has 3 nitrogen and oxygen atoms in total.